The lowest BCUT2D eigenvalue weighted by Gasteiger charge is -2.13. The molecule has 0 saturated heterocycles. The zero-order valence-corrected chi connectivity index (χ0v) is 10.4. The molecule has 1 aromatic rings. The fourth-order valence-electron chi connectivity index (χ4n) is 1.52. The number of aryl methyl sites for hydroxylation is 1. The van der Waals surface area contributed by atoms with Crippen LogP contribution in [0, 0.1) is 0 Å². The number of ketones is 1. The molecule has 6 heteroatoms. The highest BCUT2D eigenvalue weighted by Crippen LogP contribution is 2.27. The van der Waals surface area contributed by atoms with Gasteiger partial charge in [-0.15, -0.1) is 24.8 Å². The molecule has 0 aliphatic heterocycles. The van der Waals surface area contributed by atoms with Gasteiger partial charge >= 0.3 is 6.36 Å². The first-order valence-electron chi connectivity index (χ1n) is 5.31. The molecule has 0 heterocycles. The summed E-state index contributed by atoms with van der Waals surface area (Å²) < 4.78 is 40.3. The van der Waals surface area contributed by atoms with Gasteiger partial charge in [-0.25, -0.2) is 0 Å². The summed E-state index contributed by atoms with van der Waals surface area (Å²) in [7, 11) is 0. The minimum atomic E-state index is -4.71. The summed E-state index contributed by atoms with van der Waals surface area (Å²) in [5, 5.41) is 0. The Hall–Kier alpha value is -1.23. The van der Waals surface area contributed by atoms with Crippen LogP contribution < -0.4 is 4.74 Å². The highest BCUT2D eigenvalue weighted by molar-refractivity contribution is 6.27. The fourth-order valence-corrected chi connectivity index (χ4v) is 1.61. The number of hydrogen-bond donors (Lipinski definition) is 0. The molecule has 1 aromatic carbocycles. The van der Waals surface area contributed by atoms with E-state index in [0.717, 1.165) is 0 Å². The molecule has 0 unspecified atom stereocenters. The van der Waals surface area contributed by atoms with Crippen LogP contribution in [0.2, 0.25) is 0 Å². The lowest BCUT2D eigenvalue weighted by molar-refractivity contribution is -0.274. The van der Waals surface area contributed by atoms with Gasteiger partial charge in [0.15, 0.2) is 5.78 Å². The van der Waals surface area contributed by atoms with Gasteiger partial charge in [0.1, 0.15) is 5.75 Å². The number of carbonyl (C=O) groups excluding carboxylic acids is 1. The number of Topliss-reactive ketones (excluding diaryl/α,β-unsaturated/α-hetero) is 1. The van der Waals surface area contributed by atoms with Crippen molar-refractivity contribution in [1.82, 2.24) is 0 Å². The zero-order chi connectivity index (χ0) is 13.8. The number of hydrogen-bond acceptors (Lipinski definition) is 2. The van der Waals surface area contributed by atoms with Crippen molar-refractivity contribution in [3.8, 4) is 5.75 Å². The molecule has 0 atom stereocenters. The van der Waals surface area contributed by atoms with Crippen molar-refractivity contribution in [2.75, 3.05) is 5.88 Å². The van der Waals surface area contributed by atoms with Crippen molar-refractivity contribution in [2.24, 2.45) is 0 Å². The molecular formula is C12H12ClF3O2. The average molecular weight is 281 g/mol. The number of halogens is 4. The second-order valence-corrected chi connectivity index (χ2v) is 3.96. The van der Waals surface area contributed by atoms with Crippen molar-refractivity contribution in [2.45, 2.75) is 26.1 Å². The molecule has 0 radical (unpaired) electrons. The van der Waals surface area contributed by atoms with E-state index in [2.05, 4.69) is 4.74 Å². The van der Waals surface area contributed by atoms with Crippen LogP contribution in [0.25, 0.3) is 0 Å². The Balaban J connectivity index is 2.93. The van der Waals surface area contributed by atoms with Crippen molar-refractivity contribution in [1.29, 1.82) is 0 Å². The normalized spacial score (nSPS) is 11.4. The molecule has 0 spiro atoms. The zero-order valence-electron chi connectivity index (χ0n) is 9.68. The van der Waals surface area contributed by atoms with E-state index in [1.807, 2.05) is 0 Å². The van der Waals surface area contributed by atoms with Crippen molar-refractivity contribution < 1.29 is 22.7 Å². The van der Waals surface area contributed by atoms with Crippen molar-refractivity contribution in [3.63, 3.8) is 0 Å². The minimum absolute atomic E-state index is 0.109. The number of carbonyl (C=O) groups is 1. The molecule has 0 amide bonds. The van der Waals surface area contributed by atoms with Gasteiger partial charge in [0.05, 0.1) is 5.88 Å². The molecule has 0 N–H and O–H groups in total. The third-order valence-corrected chi connectivity index (χ3v) is 2.58. The van der Waals surface area contributed by atoms with Crippen LogP contribution in [-0.4, -0.2) is 18.0 Å². The highest BCUT2D eigenvalue weighted by atomic mass is 35.5. The lowest BCUT2D eigenvalue weighted by Crippen LogP contribution is -2.18. The van der Waals surface area contributed by atoms with Crippen molar-refractivity contribution >= 4 is 17.4 Å². The molecule has 0 aliphatic rings. The number of benzene rings is 1. The van der Waals surface area contributed by atoms with Crippen LogP contribution in [0.1, 0.15) is 18.1 Å². The summed E-state index contributed by atoms with van der Waals surface area (Å²) in [5.74, 6) is -0.516. The largest absolute Gasteiger partial charge is 0.573 e. The van der Waals surface area contributed by atoms with Crippen LogP contribution in [0.3, 0.4) is 0 Å². The molecule has 0 bridgehead atoms. The quantitative estimate of drug-likeness (QED) is 0.772. The van der Waals surface area contributed by atoms with Gasteiger partial charge in [-0.3, -0.25) is 4.79 Å². The molecule has 0 fully saturated rings. The standard InChI is InChI=1S/C12H12ClF3O2/c1-2-9-5-8(6-10(17)7-13)3-4-11(9)18-12(14,15)16/h3-5H,2,6-7H2,1H3. The van der Waals surface area contributed by atoms with Crippen LogP contribution in [0.15, 0.2) is 18.2 Å². The smallest absolute Gasteiger partial charge is 0.406 e. The van der Waals surface area contributed by atoms with Gasteiger partial charge in [-0.1, -0.05) is 19.1 Å². The minimum Gasteiger partial charge on any atom is -0.406 e. The summed E-state index contributed by atoms with van der Waals surface area (Å²) in [6.07, 6.45) is -4.21. The van der Waals surface area contributed by atoms with Gasteiger partial charge < -0.3 is 4.74 Å². The first kappa shape index (κ1) is 14.8. The first-order chi connectivity index (χ1) is 8.35. The maximum Gasteiger partial charge on any atom is 0.573 e. The molecular weight excluding hydrogens is 269 g/mol. The lowest BCUT2D eigenvalue weighted by atomic mass is 10.0. The predicted molar refractivity (Wildman–Crippen MR) is 61.9 cm³/mol. The van der Waals surface area contributed by atoms with Crippen LogP contribution in [0.4, 0.5) is 13.2 Å². The van der Waals surface area contributed by atoms with Gasteiger partial charge in [0, 0.05) is 6.42 Å². The van der Waals surface area contributed by atoms with E-state index in [1.54, 1.807) is 6.92 Å². The van der Waals surface area contributed by atoms with Gasteiger partial charge in [0.2, 0.25) is 0 Å². The van der Waals surface area contributed by atoms with E-state index in [0.29, 0.717) is 17.5 Å². The Bertz CT molecular complexity index is 430. The third-order valence-electron chi connectivity index (χ3n) is 2.28. The fraction of sp³-hybridized carbons (Fsp3) is 0.417. The number of rotatable bonds is 5. The second kappa shape index (κ2) is 6.09. The third kappa shape index (κ3) is 4.56. The van der Waals surface area contributed by atoms with E-state index in [1.165, 1.54) is 18.2 Å². The average Bonchev–Trinajstić information content (AvgIpc) is 2.29. The maximum absolute atomic E-state index is 12.1. The Labute approximate surface area is 108 Å². The SMILES string of the molecule is CCc1cc(CC(=O)CCl)ccc1OC(F)(F)F. The monoisotopic (exact) mass is 280 g/mol. The van der Waals surface area contributed by atoms with E-state index < -0.39 is 6.36 Å². The summed E-state index contributed by atoms with van der Waals surface area (Å²) in [6.45, 7) is 1.71. The van der Waals surface area contributed by atoms with Gasteiger partial charge in [0.25, 0.3) is 0 Å². The Morgan fingerprint density at radius 1 is 1.39 bits per heavy atom. The Kier molecular flexibility index (Phi) is 5.02. The molecule has 0 saturated carbocycles. The van der Waals surface area contributed by atoms with E-state index in [-0.39, 0.29) is 23.8 Å². The summed E-state index contributed by atoms with van der Waals surface area (Å²) in [4.78, 5) is 11.2. The first-order valence-corrected chi connectivity index (χ1v) is 5.84. The topological polar surface area (TPSA) is 26.3 Å². The molecule has 1 rings (SSSR count). The van der Waals surface area contributed by atoms with Gasteiger partial charge in [-0.2, -0.15) is 0 Å². The predicted octanol–water partition coefficient (Wildman–Crippen LogP) is 3.50. The van der Waals surface area contributed by atoms with Crippen molar-refractivity contribution in [3.05, 3.63) is 29.3 Å². The van der Waals surface area contributed by atoms with E-state index in [9.17, 15) is 18.0 Å². The number of ether oxygens (including phenoxy) is 1. The molecule has 0 aromatic heterocycles. The molecule has 2 nitrogen and oxygen atoms in total. The van der Waals surface area contributed by atoms with E-state index >= 15 is 0 Å². The van der Waals surface area contributed by atoms with Crippen LogP contribution >= 0.6 is 11.6 Å². The molecule has 0 aliphatic carbocycles. The second-order valence-electron chi connectivity index (χ2n) is 3.69. The Morgan fingerprint density at radius 3 is 2.56 bits per heavy atom. The molecule has 18 heavy (non-hydrogen) atoms. The summed E-state index contributed by atoms with van der Waals surface area (Å²) in [6, 6.07) is 4.19. The van der Waals surface area contributed by atoms with Crippen LogP contribution in [-0.2, 0) is 17.6 Å². The highest BCUT2D eigenvalue weighted by Gasteiger charge is 2.31. The summed E-state index contributed by atoms with van der Waals surface area (Å²) >= 11 is 5.37. The Morgan fingerprint density at radius 2 is 2.06 bits per heavy atom. The summed E-state index contributed by atoms with van der Waals surface area (Å²) in [5.41, 5.74) is 1.04. The van der Waals surface area contributed by atoms with Gasteiger partial charge in [-0.05, 0) is 23.6 Å². The number of alkyl halides is 4. The molecule has 100 valence electrons. The van der Waals surface area contributed by atoms with Crippen LogP contribution in [0.5, 0.6) is 5.75 Å². The van der Waals surface area contributed by atoms with E-state index in [4.69, 9.17) is 11.6 Å². The maximum atomic E-state index is 12.1.